The van der Waals surface area contributed by atoms with Gasteiger partial charge in [0.25, 0.3) is 0 Å². The minimum Gasteiger partial charge on any atom is -0.369 e. The average Bonchev–Trinajstić information content (AvgIpc) is 2.89. The molecule has 16 heteroatoms. The predicted molar refractivity (Wildman–Crippen MR) is 179 cm³/mol. The van der Waals surface area contributed by atoms with Gasteiger partial charge in [0.2, 0.25) is 5.91 Å². The summed E-state index contributed by atoms with van der Waals surface area (Å²) < 4.78 is 49.5. The standard InChI is InChI=1S/C26H47Cl2N3O7P2.2ClH/c1-6-35-39(33,36-7-2)25(40(34,37-8-3)38-9-4)15-10-21(5)30-26(32)24(29)20-22-11-13-23(14-12-22)31(18-16-27)19-17-28;;/h11-14,21,24-25H,6-10,15-20,29H2,1-5H3,(H,30,32);2*1H/t21?,24-;;/m0../s1. The van der Waals surface area contributed by atoms with Crippen LogP contribution < -0.4 is 16.0 Å². The molecule has 0 saturated heterocycles. The molecule has 3 N–H and O–H groups in total. The molecule has 10 nitrogen and oxygen atoms in total. The first kappa shape index (κ1) is 44.0. The molecule has 1 amide bonds. The number of nitrogens with one attached hydrogen (secondary N) is 1. The summed E-state index contributed by atoms with van der Waals surface area (Å²) in [7, 11) is -7.71. The first-order valence-corrected chi connectivity index (χ1v) is 18.1. The fraction of sp³-hybridized carbons (Fsp3) is 0.731. The lowest BCUT2D eigenvalue weighted by molar-refractivity contribution is -0.123. The molecule has 0 heterocycles. The molecular formula is C26H49Cl4N3O7P2. The SMILES string of the molecule is CCOP(=O)(OCC)C(CCC(C)NC(=O)[C@@H](N)Cc1ccc(N(CCCl)CCCl)cc1)P(=O)(OCC)OCC.Cl.Cl. The molecule has 0 saturated carbocycles. The first-order valence-electron chi connectivity index (χ1n) is 13.8. The van der Waals surface area contributed by atoms with E-state index in [0.29, 0.717) is 37.7 Å². The lowest BCUT2D eigenvalue weighted by Crippen LogP contribution is -2.45. The van der Waals surface area contributed by atoms with E-state index >= 15 is 0 Å². The number of nitrogens with zero attached hydrogens (tertiary/aromatic N) is 1. The van der Waals surface area contributed by atoms with Crippen LogP contribution in [-0.4, -0.2) is 74.7 Å². The zero-order valence-corrected chi connectivity index (χ0v) is 30.1. The Hall–Kier alpha value is -0.0900. The monoisotopic (exact) mass is 717 g/mol. The van der Waals surface area contributed by atoms with E-state index in [1.807, 2.05) is 24.3 Å². The third-order valence-electron chi connectivity index (χ3n) is 6.02. The Kier molecular flexibility index (Phi) is 24.4. The van der Waals surface area contributed by atoms with Crippen LogP contribution in [0.5, 0.6) is 0 Å². The van der Waals surface area contributed by atoms with E-state index in [2.05, 4.69) is 10.2 Å². The molecule has 0 radical (unpaired) electrons. The van der Waals surface area contributed by atoms with E-state index in [9.17, 15) is 13.9 Å². The summed E-state index contributed by atoms with van der Waals surface area (Å²) >= 11 is 11.8. The topological polar surface area (TPSA) is 129 Å². The van der Waals surface area contributed by atoms with Crippen molar-refractivity contribution in [2.45, 2.75) is 71.4 Å². The van der Waals surface area contributed by atoms with Gasteiger partial charge in [-0.05, 0) is 71.6 Å². The van der Waals surface area contributed by atoms with Gasteiger partial charge in [0.05, 0.1) is 32.5 Å². The highest BCUT2D eigenvalue weighted by Gasteiger charge is 2.50. The third kappa shape index (κ3) is 14.3. The molecule has 0 fully saturated rings. The van der Waals surface area contributed by atoms with Crippen molar-refractivity contribution in [2.75, 3.05) is 56.2 Å². The maximum atomic E-state index is 13.7. The zero-order valence-electron chi connectivity index (χ0n) is 25.2. The van der Waals surface area contributed by atoms with Crippen LogP contribution >= 0.6 is 63.2 Å². The normalized spacial score (nSPS) is 13.2. The maximum absolute atomic E-state index is 13.7. The molecule has 0 aromatic heterocycles. The van der Waals surface area contributed by atoms with Gasteiger partial charge in [0.1, 0.15) is 0 Å². The van der Waals surface area contributed by atoms with Crippen LogP contribution in [0.3, 0.4) is 0 Å². The number of halogens is 4. The van der Waals surface area contributed by atoms with Gasteiger partial charge in [-0.3, -0.25) is 13.9 Å². The average molecular weight is 719 g/mol. The quantitative estimate of drug-likeness (QED) is 0.0979. The molecule has 1 rings (SSSR count). The second-order valence-electron chi connectivity index (χ2n) is 9.06. The van der Waals surface area contributed by atoms with Crippen molar-refractivity contribution in [3.05, 3.63) is 29.8 Å². The summed E-state index contributed by atoms with van der Waals surface area (Å²) in [5.41, 5.74) is 8.13. The Bertz CT molecular complexity index is 910. The Morgan fingerprint density at radius 2 is 1.29 bits per heavy atom. The summed E-state index contributed by atoms with van der Waals surface area (Å²) in [4.78, 5) is 15.0. The van der Waals surface area contributed by atoms with E-state index in [4.69, 9.17) is 47.0 Å². The van der Waals surface area contributed by atoms with Crippen molar-refractivity contribution in [2.24, 2.45) is 5.73 Å². The molecule has 1 unspecified atom stereocenters. The van der Waals surface area contributed by atoms with Crippen molar-refractivity contribution >= 4 is 74.8 Å². The minimum atomic E-state index is -3.85. The van der Waals surface area contributed by atoms with Gasteiger partial charge in [0, 0.05) is 36.6 Å². The Morgan fingerprint density at radius 3 is 1.67 bits per heavy atom. The number of hydrogen-bond acceptors (Lipinski definition) is 9. The largest absolute Gasteiger partial charge is 0.369 e. The van der Waals surface area contributed by atoms with Crippen molar-refractivity contribution in [1.82, 2.24) is 5.32 Å². The molecule has 0 bridgehead atoms. The Labute approximate surface area is 274 Å². The predicted octanol–water partition coefficient (Wildman–Crippen LogP) is 6.83. The summed E-state index contributed by atoms with van der Waals surface area (Å²) in [6, 6.07) is 6.66. The second kappa shape index (κ2) is 23.3. The highest BCUT2D eigenvalue weighted by atomic mass is 35.5. The fourth-order valence-corrected chi connectivity index (χ4v) is 10.0. The summed E-state index contributed by atoms with van der Waals surface area (Å²) in [6.45, 7) is 10.3. The Morgan fingerprint density at radius 1 is 0.857 bits per heavy atom. The molecule has 2 atom stereocenters. The van der Waals surface area contributed by atoms with Gasteiger partial charge in [-0.2, -0.15) is 0 Å². The van der Waals surface area contributed by atoms with Gasteiger partial charge in [0.15, 0.2) is 5.40 Å². The van der Waals surface area contributed by atoms with Crippen LogP contribution in [0.15, 0.2) is 24.3 Å². The van der Waals surface area contributed by atoms with E-state index < -0.39 is 26.6 Å². The molecule has 248 valence electrons. The van der Waals surface area contributed by atoms with E-state index in [1.165, 1.54) is 0 Å². The number of carbonyl (C=O) groups is 1. The number of nitrogens with two attached hydrogens (primary N) is 1. The first-order chi connectivity index (χ1) is 19.0. The lowest BCUT2D eigenvalue weighted by atomic mass is 10.0. The van der Waals surface area contributed by atoms with Gasteiger partial charge in [-0.1, -0.05) is 12.1 Å². The molecule has 0 aliphatic heterocycles. The maximum Gasteiger partial charge on any atom is 0.345 e. The third-order valence-corrected chi connectivity index (χ3v) is 12.5. The van der Waals surface area contributed by atoms with Gasteiger partial charge in [-0.15, -0.1) is 48.0 Å². The highest BCUT2D eigenvalue weighted by molar-refractivity contribution is 7.72. The molecule has 0 aliphatic rings. The fourth-order valence-electron chi connectivity index (χ4n) is 4.21. The lowest BCUT2D eigenvalue weighted by Gasteiger charge is -2.32. The highest BCUT2D eigenvalue weighted by Crippen LogP contribution is 2.71. The molecule has 0 aliphatic carbocycles. The molecular weight excluding hydrogens is 670 g/mol. The molecule has 1 aromatic carbocycles. The number of carbonyl (C=O) groups excluding carboxylic acids is 1. The number of anilines is 1. The van der Waals surface area contributed by atoms with Gasteiger partial charge in [-0.25, -0.2) is 0 Å². The van der Waals surface area contributed by atoms with Crippen LogP contribution in [0, 0.1) is 0 Å². The molecule has 0 spiro atoms. The minimum absolute atomic E-state index is 0. The number of amides is 1. The number of hydrogen-bond donors (Lipinski definition) is 2. The summed E-state index contributed by atoms with van der Waals surface area (Å²) in [5.74, 6) is 0.660. The van der Waals surface area contributed by atoms with E-state index in [0.717, 1.165) is 11.3 Å². The van der Waals surface area contributed by atoms with Crippen LogP contribution in [0.1, 0.15) is 53.0 Å². The van der Waals surface area contributed by atoms with Crippen molar-refractivity contribution in [3.8, 4) is 0 Å². The smallest absolute Gasteiger partial charge is 0.345 e. The van der Waals surface area contributed by atoms with Crippen LogP contribution in [0.2, 0.25) is 0 Å². The summed E-state index contributed by atoms with van der Waals surface area (Å²) in [6.07, 6.45) is 0.789. The van der Waals surface area contributed by atoms with E-state index in [1.54, 1.807) is 34.6 Å². The van der Waals surface area contributed by atoms with Crippen molar-refractivity contribution in [1.29, 1.82) is 0 Å². The van der Waals surface area contributed by atoms with Crippen LogP contribution in [-0.2, 0) is 38.4 Å². The van der Waals surface area contributed by atoms with Crippen LogP contribution in [0.25, 0.3) is 0 Å². The van der Waals surface area contributed by atoms with E-state index in [-0.39, 0.29) is 69.6 Å². The van der Waals surface area contributed by atoms with Crippen molar-refractivity contribution in [3.63, 3.8) is 0 Å². The number of alkyl halides is 2. The second-order valence-corrected chi connectivity index (χ2v) is 14.7. The number of rotatable bonds is 22. The number of benzene rings is 1. The van der Waals surface area contributed by atoms with Crippen molar-refractivity contribution < 1.29 is 32.0 Å². The Balaban J connectivity index is 0. The molecule has 42 heavy (non-hydrogen) atoms. The molecule has 1 aromatic rings. The van der Waals surface area contributed by atoms with Gasteiger partial charge < -0.3 is 34.0 Å². The zero-order chi connectivity index (χ0) is 30.2. The summed E-state index contributed by atoms with van der Waals surface area (Å²) in [5, 5.41) is 1.77. The van der Waals surface area contributed by atoms with Crippen LogP contribution in [0.4, 0.5) is 5.69 Å². The van der Waals surface area contributed by atoms with Gasteiger partial charge >= 0.3 is 15.2 Å².